The molecule has 2 aliphatic rings. The number of aliphatic carboxylic acids is 1. The van der Waals surface area contributed by atoms with Gasteiger partial charge in [0.15, 0.2) is 5.82 Å². The van der Waals surface area contributed by atoms with Gasteiger partial charge in [-0.2, -0.15) is 22.1 Å². The molecule has 3 heterocycles. The van der Waals surface area contributed by atoms with E-state index in [1.165, 1.54) is 18.4 Å². The van der Waals surface area contributed by atoms with E-state index in [0.29, 0.717) is 12.4 Å². The highest BCUT2D eigenvalue weighted by Crippen LogP contribution is 2.44. The highest BCUT2D eigenvalue weighted by atomic mass is 32.2. The minimum absolute atomic E-state index is 0.0245. The van der Waals surface area contributed by atoms with E-state index in [-0.39, 0.29) is 25.6 Å². The van der Waals surface area contributed by atoms with Crippen molar-refractivity contribution in [2.45, 2.75) is 6.92 Å². The summed E-state index contributed by atoms with van der Waals surface area (Å²) in [4.78, 5) is 13.9. The van der Waals surface area contributed by atoms with Crippen molar-refractivity contribution in [1.82, 2.24) is 18.8 Å². The summed E-state index contributed by atoms with van der Waals surface area (Å²) < 4.78 is 27.1. The van der Waals surface area contributed by atoms with Gasteiger partial charge in [0, 0.05) is 46.2 Å². The van der Waals surface area contributed by atoms with E-state index >= 15 is 0 Å². The average Bonchev–Trinajstić information content (AvgIpc) is 3.03. The Morgan fingerprint density at radius 1 is 1.29 bits per heavy atom. The van der Waals surface area contributed by atoms with Crippen molar-refractivity contribution in [3.05, 3.63) is 17.8 Å². The molecule has 0 aliphatic carbocycles. The smallest absolute Gasteiger partial charge is 0.313 e. The number of rotatable bonds is 4. The number of hydrogen-bond donors (Lipinski definition) is 1. The van der Waals surface area contributed by atoms with Crippen LogP contribution in [-0.4, -0.2) is 78.6 Å². The second-order valence-electron chi connectivity index (χ2n) is 6.65. The van der Waals surface area contributed by atoms with Crippen molar-refractivity contribution in [2.75, 3.05) is 45.2 Å². The zero-order valence-corrected chi connectivity index (χ0v) is 14.7. The number of fused-ring (bicyclic) bond motifs is 1. The Labute approximate surface area is 141 Å². The van der Waals surface area contributed by atoms with Gasteiger partial charge >= 0.3 is 5.97 Å². The van der Waals surface area contributed by atoms with Crippen molar-refractivity contribution in [3.8, 4) is 0 Å². The monoisotopic (exact) mass is 355 g/mol. The molecule has 9 nitrogen and oxygen atoms in total. The quantitative estimate of drug-likeness (QED) is 0.769. The first-order chi connectivity index (χ1) is 11.2. The van der Waals surface area contributed by atoms with Gasteiger partial charge in [0.2, 0.25) is 0 Å². The number of aryl methyl sites for hydroxylation is 1. The second-order valence-corrected chi connectivity index (χ2v) is 8.80. The molecular weight excluding hydrogens is 334 g/mol. The van der Waals surface area contributed by atoms with Crippen LogP contribution in [0.5, 0.6) is 0 Å². The number of carboxylic acid groups (broad SMARTS) is 1. The molecule has 0 aromatic carbocycles. The molecule has 0 bridgehead atoms. The van der Waals surface area contributed by atoms with Gasteiger partial charge in [-0.1, -0.05) is 0 Å². The summed E-state index contributed by atoms with van der Waals surface area (Å²) in [6, 6.07) is 3.64. The Bertz CT molecular complexity index is 751. The lowest BCUT2D eigenvalue weighted by molar-refractivity contribution is -0.148. The van der Waals surface area contributed by atoms with Crippen LogP contribution in [-0.2, 0) is 15.0 Å². The summed E-state index contributed by atoms with van der Waals surface area (Å²) in [5.41, 5.74) is -0.329. The highest BCUT2D eigenvalue weighted by Gasteiger charge is 2.60. The van der Waals surface area contributed by atoms with Crippen LogP contribution in [0.25, 0.3) is 0 Å². The van der Waals surface area contributed by atoms with E-state index in [9.17, 15) is 18.3 Å². The zero-order valence-electron chi connectivity index (χ0n) is 13.9. The first-order valence-corrected chi connectivity index (χ1v) is 9.03. The SMILES string of the molecule is Cc1ccc(N2C[C@@H]3CN(S(=O)(=O)N(C)C)C[C@]3(C(=O)O)C2)nn1. The van der Waals surface area contributed by atoms with E-state index in [0.717, 1.165) is 10.00 Å². The van der Waals surface area contributed by atoms with Crippen LogP contribution in [0.1, 0.15) is 5.69 Å². The van der Waals surface area contributed by atoms with Gasteiger partial charge < -0.3 is 10.0 Å². The Morgan fingerprint density at radius 3 is 2.50 bits per heavy atom. The van der Waals surface area contributed by atoms with Gasteiger partial charge in [-0.25, -0.2) is 0 Å². The molecule has 2 atom stereocenters. The molecule has 1 N–H and O–H groups in total. The van der Waals surface area contributed by atoms with Gasteiger partial charge in [-0.3, -0.25) is 4.79 Å². The predicted molar refractivity (Wildman–Crippen MR) is 86.7 cm³/mol. The van der Waals surface area contributed by atoms with Crippen LogP contribution in [0.2, 0.25) is 0 Å². The fourth-order valence-electron chi connectivity index (χ4n) is 3.46. The van der Waals surface area contributed by atoms with E-state index in [1.54, 1.807) is 0 Å². The van der Waals surface area contributed by atoms with Crippen molar-refractivity contribution >= 4 is 22.0 Å². The molecule has 0 radical (unpaired) electrons. The molecule has 24 heavy (non-hydrogen) atoms. The lowest BCUT2D eigenvalue weighted by Crippen LogP contribution is -2.44. The Balaban J connectivity index is 1.87. The summed E-state index contributed by atoms with van der Waals surface area (Å²) >= 11 is 0. The molecule has 1 aromatic heterocycles. The molecule has 2 fully saturated rings. The van der Waals surface area contributed by atoms with E-state index in [1.807, 2.05) is 24.0 Å². The molecule has 0 unspecified atom stereocenters. The summed E-state index contributed by atoms with van der Waals surface area (Å²) in [6.07, 6.45) is 0. The van der Waals surface area contributed by atoms with Crippen LogP contribution < -0.4 is 4.90 Å². The van der Waals surface area contributed by atoms with Crippen LogP contribution in [0.15, 0.2) is 12.1 Å². The Kier molecular flexibility index (Phi) is 4.01. The van der Waals surface area contributed by atoms with Gasteiger partial charge in [-0.05, 0) is 19.1 Å². The van der Waals surface area contributed by atoms with Crippen molar-refractivity contribution < 1.29 is 18.3 Å². The maximum Gasteiger partial charge on any atom is 0.313 e. The maximum atomic E-state index is 12.3. The third kappa shape index (κ3) is 2.54. The standard InChI is InChI=1S/C14H21N5O4S/c1-10-4-5-12(16-15-10)18-6-11-7-19(24(22,23)17(2)3)9-14(11,8-18)13(20)21/h4-5,11H,6-9H2,1-3H3,(H,20,21)/t11-,14-/m1/s1. The summed E-state index contributed by atoms with van der Waals surface area (Å²) in [6.45, 7) is 2.68. The lowest BCUT2D eigenvalue weighted by atomic mass is 9.81. The van der Waals surface area contributed by atoms with Gasteiger partial charge in [0.05, 0.1) is 5.69 Å². The van der Waals surface area contributed by atoms with Crippen molar-refractivity contribution in [1.29, 1.82) is 0 Å². The number of carboxylic acids is 1. The minimum atomic E-state index is -3.62. The normalized spacial score (nSPS) is 27.7. The first kappa shape index (κ1) is 17.1. The average molecular weight is 355 g/mol. The van der Waals surface area contributed by atoms with Gasteiger partial charge in [0.25, 0.3) is 10.2 Å². The third-order valence-corrected chi connectivity index (χ3v) is 6.75. The molecule has 0 saturated carbocycles. The van der Waals surface area contributed by atoms with Crippen molar-refractivity contribution in [3.63, 3.8) is 0 Å². The topological polar surface area (TPSA) is 107 Å². The van der Waals surface area contributed by atoms with Crippen molar-refractivity contribution in [2.24, 2.45) is 11.3 Å². The zero-order chi connectivity index (χ0) is 17.7. The van der Waals surface area contributed by atoms with Gasteiger partial charge in [-0.15, -0.1) is 5.10 Å². The molecule has 1 aromatic rings. The molecule has 10 heteroatoms. The van der Waals surface area contributed by atoms with E-state index in [2.05, 4.69) is 10.2 Å². The summed E-state index contributed by atoms with van der Waals surface area (Å²) in [5, 5.41) is 17.9. The Morgan fingerprint density at radius 2 is 2.00 bits per heavy atom. The second kappa shape index (κ2) is 5.64. The molecule has 3 rings (SSSR count). The fraction of sp³-hybridized carbons (Fsp3) is 0.643. The van der Waals surface area contributed by atoms with Crippen LogP contribution in [0.4, 0.5) is 5.82 Å². The number of aromatic nitrogens is 2. The number of nitrogens with zero attached hydrogens (tertiary/aromatic N) is 5. The molecule has 132 valence electrons. The molecule has 0 amide bonds. The number of anilines is 1. The van der Waals surface area contributed by atoms with Gasteiger partial charge in [0.1, 0.15) is 5.41 Å². The molecule has 2 aliphatic heterocycles. The van der Waals surface area contributed by atoms with Crippen LogP contribution in [0, 0.1) is 18.3 Å². The lowest BCUT2D eigenvalue weighted by Gasteiger charge is -2.26. The summed E-state index contributed by atoms with van der Waals surface area (Å²) in [5.74, 6) is -0.628. The third-order valence-electron chi connectivity index (χ3n) is 4.90. The predicted octanol–water partition coefficient (Wildman–Crippen LogP) is -0.586. The highest BCUT2D eigenvalue weighted by molar-refractivity contribution is 7.86. The minimum Gasteiger partial charge on any atom is -0.481 e. The molecular formula is C14H21N5O4S. The first-order valence-electron chi connectivity index (χ1n) is 7.63. The fourth-order valence-corrected chi connectivity index (χ4v) is 4.69. The van der Waals surface area contributed by atoms with Crippen LogP contribution >= 0.6 is 0 Å². The summed E-state index contributed by atoms with van der Waals surface area (Å²) in [7, 11) is -0.722. The van der Waals surface area contributed by atoms with E-state index in [4.69, 9.17) is 0 Å². The largest absolute Gasteiger partial charge is 0.481 e. The Hall–Kier alpha value is -1.78. The number of carbonyl (C=O) groups is 1. The molecule has 2 saturated heterocycles. The molecule has 0 spiro atoms. The van der Waals surface area contributed by atoms with Crippen LogP contribution in [0.3, 0.4) is 0 Å². The van der Waals surface area contributed by atoms with E-state index < -0.39 is 21.6 Å². The number of hydrogen-bond acceptors (Lipinski definition) is 6. The maximum absolute atomic E-state index is 12.3.